The predicted octanol–water partition coefficient (Wildman–Crippen LogP) is 7.60. The molecule has 0 amide bonds. The highest BCUT2D eigenvalue weighted by Crippen LogP contribution is 2.26. The Hall–Kier alpha value is -4.68. The highest BCUT2D eigenvalue weighted by Gasteiger charge is 2.22. The molecule has 0 saturated heterocycles. The van der Waals surface area contributed by atoms with Crippen molar-refractivity contribution < 1.29 is 24.4 Å². The fourth-order valence-electron chi connectivity index (χ4n) is 5.23. The third-order valence-electron chi connectivity index (χ3n) is 7.43. The number of carboxylic acid groups (broad SMARTS) is 2. The van der Waals surface area contributed by atoms with Crippen LogP contribution in [0.25, 0.3) is 22.3 Å². The van der Waals surface area contributed by atoms with Gasteiger partial charge in [0.15, 0.2) is 5.69 Å². The fourth-order valence-corrected chi connectivity index (χ4v) is 5.53. The normalized spacial score (nSPS) is 11.0. The average molecular weight is 580 g/mol. The van der Waals surface area contributed by atoms with Crippen molar-refractivity contribution >= 4 is 23.5 Å². The van der Waals surface area contributed by atoms with Crippen molar-refractivity contribution in [3.05, 3.63) is 136 Å². The second-order valence-corrected chi connectivity index (χ2v) is 10.7. The zero-order chi connectivity index (χ0) is 29.6. The summed E-state index contributed by atoms with van der Waals surface area (Å²) in [5, 5.41) is 19.8. The molecule has 2 N–H and O–H groups in total. The molecule has 6 nitrogen and oxygen atoms in total. The lowest BCUT2D eigenvalue weighted by Gasteiger charge is -2.07. The Balaban J connectivity index is 1.38. The van der Waals surface area contributed by atoms with Crippen molar-refractivity contribution in [3.63, 3.8) is 0 Å². The predicted molar refractivity (Wildman–Crippen MR) is 164 cm³/mol. The van der Waals surface area contributed by atoms with E-state index in [1.54, 1.807) is 24.3 Å². The van der Waals surface area contributed by atoms with Gasteiger partial charge in [0.1, 0.15) is 13.1 Å². The number of imidazole rings is 1. The molecule has 1 heterocycles. The Bertz CT molecular complexity index is 1720. The molecular weight excluding hydrogens is 548 g/mol. The van der Waals surface area contributed by atoms with Crippen LogP contribution in [0.15, 0.2) is 103 Å². The molecule has 0 aliphatic rings. The van der Waals surface area contributed by atoms with Gasteiger partial charge < -0.3 is 10.2 Å². The van der Waals surface area contributed by atoms with Crippen molar-refractivity contribution in [2.45, 2.75) is 39.3 Å². The first-order valence-electron chi connectivity index (χ1n) is 14.0. The maximum atomic E-state index is 11.7. The molecular formula is C35H32ClN2O4+. The van der Waals surface area contributed by atoms with Crippen LogP contribution in [0, 0.1) is 0 Å². The Morgan fingerprint density at radius 2 is 1.24 bits per heavy atom. The van der Waals surface area contributed by atoms with Crippen molar-refractivity contribution in [2.24, 2.45) is 0 Å². The molecule has 5 rings (SSSR count). The van der Waals surface area contributed by atoms with Gasteiger partial charge in [0, 0.05) is 6.42 Å². The van der Waals surface area contributed by atoms with Gasteiger partial charge in [-0.05, 0) is 63.5 Å². The van der Waals surface area contributed by atoms with Gasteiger partial charge in [-0.25, -0.2) is 18.7 Å². The van der Waals surface area contributed by atoms with Crippen molar-refractivity contribution in [1.82, 2.24) is 4.57 Å². The lowest BCUT2D eigenvalue weighted by atomic mass is 9.99. The third kappa shape index (κ3) is 6.29. The van der Waals surface area contributed by atoms with Gasteiger partial charge in [-0.1, -0.05) is 98.3 Å². The Morgan fingerprint density at radius 3 is 1.74 bits per heavy atom. The summed E-state index contributed by atoms with van der Waals surface area (Å²) in [5.41, 5.74) is 6.87. The van der Waals surface area contributed by atoms with Gasteiger partial charge in [0.2, 0.25) is 11.5 Å². The molecule has 4 aromatic carbocycles. The van der Waals surface area contributed by atoms with E-state index in [0.29, 0.717) is 29.4 Å². The molecule has 0 saturated carbocycles. The molecule has 5 aromatic rings. The number of hydrogen-bond donors (Lipinski definition) is 2. The van der Waals surface area contributed by atoms with Gasteiger partial charge in [-0.2, -0.15) is 0 Å². The molecule has 0 aliphatic heterocycles. The van der Waals surface area contributed by atoms with E-state index in [2.05, 4.69) is 17.8 Å². The summed E-state index contributed by atoms with van der Waals surface area (Å²) in [7, 11) is 0. The van der Waals surface area contributed by atoms with Crippen LogP contribution in [0.5, 0.6) is 0 Å². The molecule has 0 fully saturated rings. The Labute approximate surface area is 250 Å². The Kier molecular flexibility index (Phi) is 8.84. The monoisotopic (exact) mass is 579 g/mol. The maximum absolute atomic E-state index is 11.7. The zero-order valence-electron chi connectivity index (χ0n) is 23.3. The number of aromatic carboxylic acids is 2. The lowest BCUT2D eigenvalue weighted by molar-refractivity contribution is -0.685. The van der Waals surface area contributed by atoms with Gasteiger partial charge in [-0.3, -0.25) is 0 Å². The van der Waals surface area contributed by atoms with E-state index in [9.17, 15) is 19.8 Å². The first-order chi connectivity index (χ1) is 20.4. The molecule has 0 unspecified atom stereocenters. The minimum atomic E-state index is -0.947. The minimum Gasteiger partial charge on any atom is -0.478 e. The topological polar surface area (TPSA) is 83.4 Å². The number of aromatic nitrogens is 2. The summed E-state index contributed by atoms with van der Waals surface area (Å²) in [6.45, 7) is 3.38. The molecule has 42 heavy (non-hydrogen) atoms. The van der Waals surface area contributed by atoms with E-state index in [4.69, 9.17) is 11.6 Å². The smallest absolute Gasteiger partial charge is 0.336 e. The average Bonchev–Trinajstić information content (AvgIpc) is 3.29. The van der Waals surface area contributed by atoms with Crippen LogP contribution < -0.4 is 4.57 Å². The Morgan fingerprint density at radius 1 is 0.738 bits per heavy atom. The summed E-state index contributed by atoms with van der Waals surface area (Å²) in [6, 6.07) is 29.9. The van der Waals surface area contributed by atoms with Crippen LogP contribution in [0.4, 0.5) is 0 Å². The van der Waals surface area contributed by atoms with Crippen LogP contribution in [-0.4, -0.2) is 26.7 Å². The van der Waals surface area contributed by atoms with Crippen molar-refractivity contribution in [2.75, 3.05) is 0 Å². The molecule has 0 spiro atoms. The van der Waals surface area contributed by atoms with Crippen LogP contribution in [0.3, 0.4) is 0 Å². The molecule has 0 aliphatic carbocycles. The van der Waals surface area contributed by atoms with Gasteiger partial charge in [0.05, 0.1) is 11.1 Å². The van der Waals surface area contributed by atoms with E-state index in [-0.39, 0.29) is 11.1 Å². The number of rotatable bonds is 11. The van der Waals surface area contributed by atoms with Crippen molar-refractivity contribution in [1.29, 1.82) is 0 Å². The summed E-state index contributed by atoms with van der Waals surface area (Å²) in [5.74, 6) is -1.89. The second kappa shape index (κ2) is 12.9. The number of hydrogen-bond acceptors (Lipinski definition) is 2. The number of unbranched alkanes of at least 4 members (excludes halogenated alkanes) is 1. The molecule has 0 bridgehead atoms. The van der Waals surface area contributed by atoms with E-state index >= 15 is 0 Å². The van der Waals surface area contributed by atoms with Gasteiger partial charge in [0.25, 0.3) is 0 Å². The molecule has 7 heteroatoms. The molecule has 0 radical (unpaired) electrons. The van der Waals surface area contributed by atoms with E-state index in [0.717, 1.165) is 47.2 Å². The number of benzene rings is 4. The quantitative estimate of drug-likeness (QED) is 0.158. The van der Waals surface area contributed by atoms with Gasteiger partial charge >= 0.3 is 11.9 Å². The lowest BCUT2D eigenvalue weighted by Crippen LogP contribution is -2.33. The fraction of sp³-hybridized carbons (Fsp3) is 0.171. The second-order valence-electron chi connectivity index (χ2n) is 10.3. The number of nitrogens with zero attached hydrogens (tertiary/aromatic N) is 2. The van der Waals surface area contributed by atoms with Crippen LogP contribution in [0.2, 0.25) is 5.15 Å². The minimum absolute atomic E-state index is 0.277. The summed E-state index contributed by atoms with van der Waals surface area (Å²) < 4.78 is 4.24. The molecule has 0 atom stereocenters. The molecule has 1 aromatic heterocycles. The first-order valence-corrected chi connectivity index (χ1v) is 14.3. The van der Waals surface area contributed by atoms with Gasteiger partial charge in [-0.15, -0.1) is 0 Å². The maximum Gasteiger partial charge on any atom is 0.336 e. The van der Waals surface area contributed by atoms with Crippen LogP contribution in [-0.2, 0) is 19.5 Å². The van der Waals surface area contributed by atoms with Crippen LogP contribution >= 0.6 is 11.6 Å². The summed E-state index contributed by atoms with van der Waals surface area (Å²) in [6.07, 6.45) is 4.98. The van der Waals surface area contributed by atoms with Crippen LogP contribution in [0.1, 0.15) is 57.3 Å². The summed E-state index contributed by atoms with van der Waals surface area (Å²) >= 11 is 6.94. The number of carbonyl (C=O) groups is 2. The highest BCUT2D eigenvalue weighted by molar-refractivity contribution is 6.29. The van der Waals surface area contributed by atoms with E-state index in [1.165, 1.54) is 0 Å². The number of halogens is 1. The summed E-state index contributed by atoms with van der Waals surface area (Å²) in [4.78, 5) is 23.3. The first kappa shape index (κ1) is 28.8. The molecule has 212 valence electrons. The van der Waals surface area contributed by atoms with Crippen molar-refractivity contribution in [3.8, 4) is 22.3 Å². The zero-order valence-corrected chi connectivity index (χ0v) is 24.1. The highest BCUT2D eigenvalue weighted by atomic mass is 35.5. The van der Waals surface area contributed by atoms with E-state index in [1.807, 2.05) is 77.4 Å². The number of carboxylic acids is 2. The standard InChI is InChI=1S/C35H31ClN2O4/c1-2-3-12-32-33(36)38(22-25-15-19-27(20-16-25)29-9-5-7-11-31(29)35(41)42)23-37(32)21-24-13-17-26(18-14-24)28-8-4-6-10-30(28)34(39)40/h4-11,13-20,23H,2-3,12,21-22H2,1H3,(H-,39,40,41,42)/p+1. The third-order valence-corrected chi connectivity index (χ3v) is 7.87. The largest absolute Gasteiger partial charge is 0.478 e. The SMILES string of the molecule is CCCCc1c(Cl)[n+](Cc2ccc(-c3ccccc3C(=O)O)cc2)cn1Cc1ccc(-c2ccccc2C(=O)O)cc1. The van der Waals surface area contributed by atoms with E-state index < -0.39 is 11.9 Å².